The van der Waals surface area contributed by atoms with Crippen LogP contribution in [-0.4, -0.2) is 94.8 Å². The lowest BCUT2D eigenvalue weighted by atomic mass is 9.96. The lowest BCUT2D eigenvalue weighted by molar-refractivity contribution is -0.125. The molecule has 216 valence electrons. The van der Waals surface area contributed by atoms with E-state index in [0.29, 0.717) is 44.1 Å². The fourth-order valence-electron chi connectivity index (χ4n) is 6.02. The van der Waals surface area contributed by atoms with Crippen molar-refractivity contribution in [2.24, 2.45) is 5.92 Å². The summed E-state index contributed by atoms with van der Waals surface area (Å²) < 4.78 is 5.42. The molecule has 1 aromatic carbocycles. The number of aromatic amines is 2. The van der Waals surface area contributed by atoms with Crippen molar-refractivity contribution in [2.45, 2.75) is 12.8 Å². The highest BCUT2D eigenvalue weighted by Crippen LogP contribution is 2.32. The maximum Gasteiger partial charge on any atom is 0.254 e. The number of H-pyrrole nitrogens is 2. The summed E-state index contributed by atoms with van der Waals surface area (Å²) in [5.41, 5.74) is 6.49. The van der Waals surface area contributed by atoms with Crippen LogP contribution in [0.5, 0.6) is 0 Å². The Labute approximate surface area is 243 Å². The van der Waals surface area contributed by atoms with Gasteiger partial charge in [0.15, 0.2) is 5.65 Å². The van der Waals surface area contributed by atoms with Gasteiger partial charge in [0.05, 0.1) is 30.3 Å². The summed E-state index contributed by atoms with van der Waals surface area (Å²) in [7, 11) is 2.09. The fourth-order valence-corrected chi connectivity index (χ4v) is 6.02. The predicted octanol–water partition coefficient (Wildman–Crippen LogP) is 2.86. The number of amides is 2. The van der Waals surface area contributed by atoms with Crippen molar-refractivity contribution in [3.8, 4) is 11.4 Å². The molecule has 3 aliphatic rings. The van der Waals surface area contributed by atoms with Gasteiger partial charge in [0.25, 0.3) is 5.91 Å². The predicted molar refractivity (Wildman–Crippen MR) is 160 cm³/mol. The Kier molecular flexibility index (Phi) is 6.96. The molecular formula is C31H34N8O3. The first-order chi connectivity index (χ1) is 20.5. The van der Waals surface area contributed by atoms with E-state index in [2.05, 4.69) is 48.8 Å². The number of likely N-dealkylation sites (tertiary alicyclic amines) is 1. The maximum atomic E-state index is 13.3. The van der Waals surface area contributed by atoms with Gasteiger partial charge < -0.3 is 30.2 Å². The van der Waals surface area contributed by atoms with Gasteiger partial charge in [-0.05, 0) is 74.5 Å². The Hall–Kier alpha value is -4.48. The molecule has 4 N–H and O–H groups in total. The van der Waals surface area contributed by atoms with Gasteiger partial charge in [0.2, 0.25) is 5.91 Å². The second kappa shape index (κ2) is 11.1. The third-order valence-electron chi connectivity index (χ3n) is 8.48. The number of pyridine rings is 1. The minimum atomic E-state index is 0.0105. The lowest BCUT2D eigenvalue weighted by Gasteiger charge is -2.28. The molecule has 11 heteroatoms. The number of hydrogen-bond acceptors (Lipinski definition) is 7. The first kappa shape index (κ1) is 26.4. The van der Waals surface area contributed by atoms with Gasteiger partial charge in [-0.25, -0.2) is 4.98 Å². The van der Waals surface area contributed by atoms with Crippen LogP contribution in [0.15, 0.2) is 54.5 Å². The Morgan fingerprint density at radius 2 is 1.90 bits per heavy atom. The topological polar surface area (TPSA) is 131 Å². The molecular weight excluding hydrogens is 532 g/mol. The molecule has 42 heavy (non-hydrogen) atoms. The van der Waals surface area contributed by atoms with Crippen molar-refractivity contribution in [1.29, 1.82) is 0 Å². The van der Waals surface area contributed by atoms with E-state index >= 15 is 0 Å². The third kappa shape index (κ3) is 5.05. The average molecular weight is 567 g/mol. The molecule has 0 spiro atoms. The number of nitrogens with one attached hydrogen (secondary N) is 4. The van der Waals surface area contributed by atoms with Crippen LogP contribution >= 0.6 is 0 Å². The zero-order valence-corrected chi connectivity index (χ0v) is 23.6. The smallest absolute Gasteiger partial charge is 0.254 e. The summed E-state index contributed by atoms with van der Waals surface area (Å²) >= 11 is 0. The number of aromatic nitrogens is 4. The highest BCUT2D eigenvalue weighted by molar-refractivity contribution is 6.08. The number of morpholine rings is 1. The van der Waals surface area contributed by atoms with Gasteiger partial charge in [-0.15, -0.1) is 0 Å². The molecule has 0 aliphatic carbocycles. The zero-order valence-electron chi connectivity index (χ0n) is 23.6. The van der Waals surface area contributed by atoms with Crippen molar-refractivity contribution in [3.05, 3.63) is 65.6 Å². The van der Waals surface area contributed by atoms with E-state index in [9.17, 15) is 9.59 Å². The van der Waals surface area contributed by atoms with Gasteiger partial charge in [-0.2, -0.15) is 5.10 Å². The number of piperidine rings is 1. The van der Waals surface area contributed by atoms with Crippen molar-refractivity contribution in [3.63, 3.8) is 0 Å². The summed E-state index contributed by atoms with van der Waals surface area (Å²) in [4.78, 5) is 38.4. The molecule has 2 amide bonds. The molecule has 0 atom stereocenters. The summed E-state index contributed by atoms with van der Waals surface area (Å²) in [5.74, 6) is 0.120. The monoisotopic (exact) mass is 566 g/mol. The first-order valence-corrected chi connectivity index (χ1v) is 14.5. The normalized spacial score (nSPS) is 18.5. The van der Waals surface area contributed by atoms with E-state index in [1.807, 2.05) is 47.6 Å². The Morgan fingerprint density at radius 3 is 2.74 bits per heavy atom. The second-order valence-corrected chi connectivity index (χ2v) is 11.3. The molecule has 2 saturated heterocycles. The van der Waals surface area contributed by atoms with E-state index < -0.39 is 0 Å². The number of nitrogens with zero attached hydrogens (tertiary/aromatic N) is 4. The van der Waals surface area contributed by atoms with Crippen LogP contribution in [0.3, 0.4) is 0 Å². The van der Waals surface area contributed by atoms with E-state index in [4.69, 9.17) is 4.74 Å². The minimum absolute atomic E-state index is 0.0105. The number of dihydropyridines is 1. The van der Waals surface area contributed by atoms with E-state index in [-0.39, 0.29) is 17.7 Å². The van der Waals surface area contributed by atoms with Crippen LogP contribution in [0, 0.1) is 5.92 Å². The molecule has 7 rings (SSSR count). The molecule has 0 saturated carbocycles. The molecule has 2 fully saturated rings. The number of ether oxygens (including phenoxy) is 1. The summed E-state index contributed by atoms with van der Waals surface area (Å²) in [5, 5.41) is 15.7. The van der Waals surface area contributed by atoms with Crippen molar-refractivity contribution in [1.82, 2.24) is 40.6 Å². The van der Waals surface area contributed by atoms with Gasteiger partial charge in [-0.1, -0.05) is 6.07 Å². The van der Waals surface area contributed by atoms with Gasteiger partial charge in [-0.3, -0.25) is 14.7 Å². The third-order valence-corrected chi connectivity index (χ3v) is 8.48. The quantitative estimate of drug-likeness (QED) is 0.292. The van der Waals surface area contributed by atoms with E-state index in [1.165, 1.54) is 0 Å². The summed E-state index contributed by atoms with van der Waals surface area (Å²) in [6.07, 6.45) is 7.43. The Balaban J connectivity index is 1.16. The maximum absolute atomic E-state index is 13.3. The number of carbonyl (C=O) groups excluding carboxylic acids is 2. The molecule has 4 aromatic rings. The highest BCUT2D eigenvalue weighted by Gasteiger charge is 2.25. The van der Waals surface area contributed by atoms with Crippen LogP contribution < -0.4 is 10.6 Å². The summed E-state index contributed by atoms with van der Waals surface area (Å²) in [6.45, 7) is 4.81. The average Bonchev–Trinajstić information content (AvgIpc) is 3.65. The first-order valence-electron chi connectivity index (χ1n) is 14.5. The van der Waals surface area contributed by atoms with Crippen molar-refractivity contribution < 1.29 is 14.3 Å². The fraction of sp³-hybridized carbons (Fsp3) is 0.355. The van der Waals surface area contributed by atoms with Crippen LogP contribution in [0.2, 0.25) is 0 Å². The van der Waals surface area contributed by atoms with Gasteiger partial charge in [0, 0.05) is 59.8 Å². The number of rotatable bonds is 5. The van der Waals surface area contributed by atoms with Crippen molar-refractivity contribution in [2.75, 3.05) is 53.0 Å². The molecule has 0 bridgehead atoms. The molecule has 6 heterocycles. The Bertz CT molecular complexity index is 1720. The Morgan fingerprint density at radius 1 is 1.07 bits per heavy atom. The zero-order chi connectivity index (χ0) is 28.6. The van der Waals surface area contributed by atoms with Crippen LogP contribution in [0.25, 0.3) is 38.9 Å². The van der Waals surface area contributed by atoms with Crippen LogP contribution in [0.1, 0.15) is 28.8 Å². The number of carbonyl (C=O) groups is 2. The van der Waals surface area contributed by atoms with Crippen LogP contribution in [-0.2, 0) is 9.53 Å². The van der Waals surface area contributed by atoms with E-state index in [1.54, 1.807) is 0 Å². The molecule has 3 aliphatic heterocycles. The number of allylic oxidation sites excluding steroid dienone is 1. The van der Waals surface area contributed by atoms with Gasteiger partial charge >= 0.3 is 0 Å². The highest BCUT2D eigenvalue weighted by atomic mass is 16.5. The van der Waals surface area contributed by atoms with Crippen LogP contribution in [0.4, 0.5) is 0 Å². The standard InChI is InChI=1S/C31H34N8O3/c1-38-7-5-19(6-8-38)30(40)34-22-13-20(16-32-18-22)21-14-25-28(36-37-29(25)33-17-21)27-15-24-23(3-2-4-26(24)35-27)31(41)39-9-11-42-12-10-39/h2-4,13-15,17-19,32,35H,5-12,16H2,1H3,(H,34,40)(H,33,36,37). The minimum Gasteiger partial charge on any atom is -0.385 e. The second-order valence-electron chi connectivity index (χ2n) is 11.3. The number of fused-ring (bicyclic) bond motifs is 2. The van der Waals surface area contributed by atoms with Gasteiger partial charge in [0.1, 0.15) is 0 Å². The molecule has 0 unspecified atom stereocenters. The number of benzene rings is 1. The summed E-state index contributed by atoms with van der Waals surface area (Å²) in [6, 6.07) is 9.83. The largest absolute Gasteiger partial charge is 0.385 e. The lowest BCUT2D eigenvalue weighted by Crippen LogP contribution is -2.40. The van der Waals surface area contributed by atoms with E-state index in [0.717, 1.165) is 70.4 Å². The molecule has 3 aromatic heterocycles. The number of hydrogen-bond donors (Lipinski definition) is 4. The molecule has 0 radical (unpaired) electrons. The molecule has 11 nitrogen and oxygen atoms in total. The SMILES string of the molecule is CN1CCC(C(=O)NC2=CNCC(c3cnc4n[nH]c(-c5cc6c(C(=O)N7CCOCC7)cccc6[nH]5)c4c3)=C2)CC1. The van der Waals surface area contributed by atoms with Crippen molar-refractivity contribution >= 4 is 39.3 Å².